The van der Waals surface area contributed by atoms with Gasteiger partial charge in [-0.2, -0.15) is 0 Å². The number of carbonyl (C=O) groups excluding carboxylic acids is 1. The van der Waals surface area contributed by atoms with Crippen LogP contribution in [0.3, 0.4) is 0 Å². The zero-order valence-electron chi connectivity index (χ0n) is 12.5. The van der Waals surface area contributed by atoms with Crippen molar-refractivity contribution in [3.8, 4) is 0 Å². The third-order valence-corrected chi connectivity index (χ3v) is 5.07. The second kappa shape index (κ2) is 6.15. The second-order valence-electron chi connectivity index (χ2n) is 5.70. The molecule has 1 aliphatic heterocycles. The SMILES string of the molecule is CCc1ccc(C(=O)N2CCC(C)CC2)cc1S(N)(=O)=O. The van der Waals surface area contributed by atoms with Crippen LogP contribution in [0.4, 0.5) is 0 Å². The number of sulfonamides is 1. The Labute approximate surface area is 126 Å². The summed E-state index contributed by atoms with van der Waals surface area (Å²) >= 11 is 0. The highest BCUT2D eigenvalue weighted by Crippen LogP contribution is 2.21. The van der Waals surface area contributed by atoms with Gasteiger partial charge in [-0.05, 0) is 42.9 Å². The van der Waals surface area contributed by atoms with Crippen LogP contribution in [0.15, 0.2) is 23.1 Å². The zero-order chi connectivity index (χ0) is 15.6. The van der Waals surface area contributed by atoms with Crippen molar-refractivity contribution in [2.24, 2.45) is 11.1 Å². The number of benzene rings is 1. The number of aryl methyl sites for hydroxylation is 1. The predicted octanol–water partition coefficient (Wildman–Crippen LogP) is 1.77. The molecular weight excluding hydrogens is 288 g/mol. The van der Waals surface area contributed by atoms with Gasteiger partial charge in [-0.15, -0.1) is 0 Å². The number of amides is 1. The molecule has 0 aliphatic carbocycles. The number of hydrogen-bond donors (Lipinski definition) is 1. The van der Waals surface area contributed by atoms with Gasteiger partial charge in [0.25, 0.3) is 5.91 Å². The van der Waals surface area contributed by atoms with Gasteiger partial charge in [0, 0.05) is 18.7 Å². The number of nitrogens with zero attached hydrogens (tertiary/aromatic N) is 1. The van der Waals surface area contributed by atoms with E-state index in [0.717, 1.165) is 25.9 Å². The van der Waals surface area contributed by atoms with Crippen molar-refractivity contribution in [2.75, 3.05) is 13.1 Å². The lowest BCUT2D eigenvalue weighted by atomic mass is 9.98. The van der Waals surface area contributed by atoms with E-state index in [1.807, 2.05) is 6.92 Å². The number of hydrogen-bond acceptors (Lipinski definition) is 3. The molecule has 0 unspecified atom stereocenters. The average Bonchev–Trinajstić information content (AvgIpc) is 2.45. The van der Waals surface area contributed by atoms with E-state index < -0.39 is 10.0 Å². The minimum atomic E-state index is -3.81. The molecule has 0 spiro atoms. The molecule has 5 nitrogen and oxygen atoms in total. The van der Waals surface area contributed by atoms with E-state index >= 15 is 0 Å². The highest BCUT2D eigenvalue weighted by atomic mass is 32.2. The highest BCUT2D eigenvalue weighted by Gasteiger charge is 2.23. The smallest absolute Gasteiger partial charge is 0.253 e. The topological polar surface area (TPSA) is 80.5 Å². The maximum atomic E-state index is 12.5. The minimum Gasteiger partial charge on any atom is -0.339 e. The van der Waals surface area contributed by atoms with Crippen LogP contribution in [-0.2, 0) is 16.4 Å². The molecule has 1 aromatic carbocycles. The number of piperidine rings is 1. The summed E-state index contributed by atoms with van der Waals surface area (Å²) in [5.74, 6) is 0.519. The fraction of sp³-hybridized carbons (Fsp3) is 0.533. The molecule has 1 amide bonds. The summed E-state index contributed by atoms with van der Waals surface area (Å²) in [6.07, 6.45) is 2.53. The number of rotatable bonds is 3. The van der Waals surface area contributed by atoms with Crippen molar-refractivity contribution in [3.63, 3.8) is 0 Å². The van der Waals surface area contributed by atoms with Gasteiger partial charge in [-0.25, -0.2) is 13.6 Å². The zero-order valence-corrected chi connectivity index (χ0v) is 13.3. The van der Waals surface area contributed by atoms with Crippen molar-refractivity contribution in [1.29, 1.82) is 0 Å². The summed E-state index contributed by atoms with van der Waals surface area (Å²) in [5, 5.41) is 5.25. The normalized spacial score (nSPS) is 17.0. The van der Waals surface area contributed by atoms with Gasteiger partial charge >= 0.3 is 0 Å². The fourth-order valence-corrected chi connectivity index (χ4v) is 3.51. The Morgan fingerprint density at radius 3 is 2.48 bits per heavy atom. The van der Waals surface area contributed by atoms with E-state index in [-0.39, 0.29) is 10.8 Å². The van der Waals surface area contributed by atoms with E-state index in [1.54, 1.807) is 17.0 Å². The Kier molecular flexibility index (Phi) is 4.68. The third kappa shape index (κ3) is 3.63. The minimum absolute atomic E-state index is 0.0567. The lowest BCUT2D eigenvalue weighted by molar-refractivity contribution is 0.0697. The summed E-state index contributed by atoms with van der Waals surface area (Å²) in [4.78, 5) is 14.3. The van der Waals surface area contributed by atoms with E-state index in [1.165, 1.54) is 6.07 Å². The first kappa shape index (κ1) is 16.0. The quantitative estimate of drug-likeness (QED) is 0.924. The van der Waals surface area contributed by atoms with Gasteiger partial charge in [0.1, 0.15) is 0 Å². The molecule has 0 saturated carbocycles. The monoisotopic (exact) mass is 310 g/mol. The Balaban J connectivity index is 2.30. The standard InChI is InChI=1S/C15H22N2O3S/c1-3-12-4-5-13(10-14(12)21(16,19)20)15(18)17-8-6-11(2)7-9-17/h4-5,10-11H,3,6-9H2,1-2H3,(H2,16,19,20). The third-order valence-electron chi connectivity index (χ3n) is 4.07. The van der Waals surface area contributed by atoms with Gasteiger partial charge in [-0.3, -0.25) is 4.79 Å². The molecule has 0 aromatic heterocycles. The van der Waals surface area contributed by atoms with Crippen LogP contribution in [-0.4, -0.2) is 32.3 Å². The van der Waals surface area contributed by atoms with Crippen molar-refractivity contribution < 1.29 is 13.2 Å². The Hall–Kier alpha value is -1.40. The summed E-state index contributed by atoms with van der Waals surface area (Å²) < 4.78 is 23.3. The summed E-state index contributed by atoms with van der Waals surface area (Å²) in [6, 6.07) is 4.78. The Morgan fingerprint density at radius 1 is 1.33 bits per heavy atom. The van der Waals surface area contributed by atoms with Gasteiger partial charge in [0.05, 0.1) is 4.90 Å². The fourth-order valence-electron chi connectivity index (χ4n) is 2.64. The predicted molar refractivity (Wildman–Crippen MR) is 81.5 cm³/mol. The van der Waals surface area contributed by atoms with E-state index in [9.17, 15) is 13.2 Å². The first-order valence-electron chi connectivity index (χ1n) is 7.28. The molecule has 21 heavy (non-hydrogen) atoms. The summed E-state index contributed by atoms with van der Waals surface area (Å²) in [6.45, 7) is 5.48. The molecule has 2 rings (SSSR count). The maximum Gasteiger partial charge on any atom is 0.253 e. The lowest BCUT2D eigenvalue weighted by Gasteiger charge is -2.30. The average molecular weight is 310 g/mol. The summed E-state index contributed by atoms with van der Waals surface area (Å²) in [5.41, 5.74) is 1.03. The number of primary sulfonamides is 1. The molecular formula is C15H22N2O3S. The molecule has 1 aromatic rings. The molecule has 1 fully saturated rings. The number of likely N-dealkylation sites (tertiary alicyclic amines) is 1. The molecule has 1 saturated heterocycles. The van der Waals surface area contributed by atoms with Crippen LogP contribution in [0.25, 0.3) is 0 Å². The van der Waals surface area contributed by atoms with Gasteiger partial charge in [-0.1, -0.05) is 19.9 Å². The first-order chi connectivity index (χ1) is 9.82. The number of carbonyl (C=O) groups is 1. The van der Waals surface area contributed by atoms with Crippen molar-refractivity contribution in [3.05, 3.63) is 29.3 Å². The van der Waals surface area contributed by atoms with Gasteiger partial charge < -0.3 is 4.90 Å². The van der Waals surface area contributed by atoms with Crippen LogP contribution < -0.4 is 5.14 Å². The molecule has 0 bridgehead atoms. The van der Waals surface area contributed by atoms with Crippen LogP contribution in [0.2, 0.25) is 0 Å². The van der Waals surface area contributed by atoms with Crippen LogP contribution in [0.5, 0.6) is 0 Å². The van der Waals surface area contributed by atoms with Crippen molar-refractivity contribution in [2.45, 2.75) is 38.0 Å². The molecule has 2 N–H and O–H groups in total. The van der Waals surface area contributed by atoms with Crippen LogP contribution in [0.1, 0.15) is 42.6 Å². The molecule has 0 atom stereocenters. The van der Waals surface area contributed by atoms with E-state index in [2.05, 4.69) is 6.92 Å². The number of nitrogens with two attached hydrogens (primary N) is 1. The summed E-state index contributed by atoms with van der Waals surface area (Å²) in [7, 11) is -3.81. The maximum absolute atomic E-state index is 12.5. The van der Waals surface area contributed by atoms with E-state index in [4.69, 9.17) is 5.14 Å². The highest BCUT2D eigenvalue weighted by molar-refractivity contribution is 7.89. The second-order valence-corrected chi connectivity index (χ2v) is 7.23. The van der Waals surface area contributed by atoms with Gasteiger partial charge in [0.2, 0.25) is 10.0 Å². The molecule has 116 valence electrons. The largest absolute Gasteiger partial charge is 0.339 e. The molecule has 1 heterocycles. The first-order valence-corrected chi connectivity index (χ1v) is 8.82. The molecule has 0 radical (unpaired) electrons. The Morgan fingerprint density at radius 2 is 1.95 bits per heavy atom. The molecule has 6 heteroatoms. The van der Waals surface area contributed by atoms with E-state index in [0.29, 0.717) is 23.5 Å². The Bertz CT molecular complexity index is 632. The van der Waals surface area contributed by atoms with Crippen LogP contribution >= 0.6 is 0 Å². The molecule has 1 aliphatic rings. The van der Waals surface area contributed by atoms with Gasteiger partial charge in [0.15, 0.2) is 0 Å². The van der Waals surface area contributed by atoms with Crippen molar-refractivity contribution in [1.82, 2.24) is 4.90 Å². The van der Waals surface area contributed by atoms with Crippen molar-refractivity contribution >= 4 is 15.9 Å². The lowest BCUT2D eigenvalue weighted by Crippen LogP contribution is -2.38. The van der Waals surface area contributed by atoms with Crippen LogP contribution in [0, 0.1) is 5.92 Å².